The van der Waals surface area contributed by atoms with Crippen LogP contribution < -0.4 is 10.9 Å². The van der Waals surface area contributed by atoms with E-state index in [1.54, 1.807) is 35.1 Å². The molecule has 0 atom stereocenters. The SMILES string of the molecule is O=C(CSc1nc2cc(Cl)ccc2c(=O)n1Cc1ccco1)NC12CC3CC(CC(C3)C1)C2. The van der Waals surface area contributed by atoms with Gasteiger partial charge in [-0.2, -0.15) is 0 Å². The minimum absolute atomic E-state index is 0.0203. The molecule has 0 saturated heterocycles. The van der Waals surface area contributed by atoms with Crippen molar-refractivity contribution in [3.05, 3.63) is 57.7 Å². The third-order valence-corrected chi connectivity index (χ3v) is 8.76. The van der Waals surface area contributed by atoms with Gasteiger partial charge in [-0.25, -0.2) is 4.98 Å². The van der Waals surface area contributed by atoms with Crippen LogP contribution in [0.2, 0.25) is 5.02 Å². The van der Waals surface area contributed by atoms with Crippen LogP contribution in [0.1, 0.15) is 44.3 Å². The summed E-state index contributed by atoms with van der Waals surface area (Å²) in [6.45, 7) is 0.260. The number of hydrogen-bond donors (Lipinski definition) is 1. The number of nitrogens with zero attached hydrogens (tertiary/aromatic N) is 2. The molecule has 4 fully saturated rings. The molecule has 0 unspecified atom stereocenters. The molecule has 172 valence electrons. The number of aromatic nitrogens is 2. The highest BCUT2D eigenvalue weighted by Crippen LogP contribution is 2.55. The lowest BCUT2D eigenvalue weighted by atomic mass is 9.53. The number of carbonyl (C=O) groups excluding carboxylic acids is 1. The molecule has 2 aromatic heterocycles. The number of hydrogen-bond acceptors (Lipinski definition) is 5. The van der Waals surface area contributed by atoms with Crippen LogP contribution in [0.4, 0.5) is 0 Å². The van der Waals surface area contributed by atoms with E-state index >= 15 is 0 Å². The Morgan fingerprint density at radius 1 is 1.18 bits per heavy atom. The lowest BCUT2D eigenvalue weighted by molar-refractivity contribution is -0.124. The summed E-state index contributed by atoms with van der Waals surface area (Å²) in [5, 5.41) is 4.91. The fraction of sp³-hybridized carbons (Fsp3) is 0.480. The van der Waals surface area contributed by atoms with Gasteiger partial charge in [0.15, 0.2) is 5.16 Å². The van der Waals surface area contributed by atoms with Crippen molar-refractivity contribution in [3.63, 3.8) is 0 Å². The molecule has 1 amide bonds. The first-order valence-corrected chi connectivity index (χ1v) is 13.0. The second kappa shape index (κ2) is 8.20. The summed E-state index contributed by atoms with van der Waals surface area (Å²) >= 11 is 7.44. The molecule has 4 saturated carbocycles. The Hall–Kier alpha value is -2.25. The van der Waals surface area contributed by atoms with Gasteiger partial charge in [0.2, 0.25) is 5.91 Å². The van der Waals surface area contributed by atoms with E-state index in [1.807, 2.05) is 6.07 Å². The summed E-state index contributed by atoms with van der Waals surface area (Å²) in [5.41, 5.74) is 0.342. The number of halogens is 1. The molecule has 33 heavy (non-hydrogen) atoms. The quantitative estimate of drug-likeness (QED) is 0.400. The fourth-order valence-electron chi connectivity index (χ4n) is 6.71. The predicted molar refractivity (Wildman–Crippen MR) is 129 cm³/mol. The van der Waals surface area contributed by atoms with Crippen molar-refractivity contribution in [3.8, 4) is 0 Å². The number of fused-ring (bicyclic) bond motifs is 1. The van der Waals surface area contributed by atoms with Gasteiger partial charge in [-0.15, -0.1) is 0 Å². The molecule has 4 bridgehead atoms. The number of benzene rings is 1. The van der Waals surface area contributed by atoms with Crippen LogP contribution in [-0.4, -0.2) is 26.8 Å². The zero-order chi connectivity index (χ0) is 22.6. The maximum Gasteiger partial charge on any atom is 0.262 e. The molecule has 4 aliphatic rings. The zero-order valence-electron chi connectivity index (χ0n) is 18.3. The van der Waals surface area contributed by atoms with Crippen molar-refractivity contribution in [2.24, 2.45) is 17.8 Å². The van der Waals surface area contributed by atoms with Crippen LogP contribution in [0.15, 0.2) is 51.0 Å². The van der Waals surface area contributed by atoms with Crippen molar-refractivity contribution in [2.75, 3.05) is 5.75 Å². The lowest BCUT2D eigenvalue weighted by Gasteiger charge is -2.56. The van der Waals surface area contributed by atoms with E-state index in [1.165, 1.54) is 31.0 Å². The molecule has 0 aliphatic heterocycles. The smallest absolute Gasteiger partial charge is 0.262 e. The summed E-state index contributed by atoms with van der Waals surface area (Å²) in [7, 11) is 0. The Morgan fingerprint density at radius 3 is 2.58 bits per heavy atom. The molecule has 3 aromatic rings. The van der Waals surface area contributed by atoms with Gasteiger partial charge in [-0.05, 0) is 86.6 Å². The first-order chi connectivity index (χ1) is 16.0. The third-order valence-electron chi connectivity index (χ3n) is 7.55. The van der Waals surface area contributed by atoms with E-state index < -0.39 is 0 Å². The number of furan rings is 1. The minimum atomic E-state index is -0.169. The normalized spacial score (nSPS) is 27.8. The van der Waals surface area contributed by atoms with E-state index in [4.69, 9.17) is 21.0 Å². The first-order valence-electron chi connectivity index (χ1n) is 11.6. The van der Waals surface area contributed by atoms with E-state index in [9.17, 15) is 9.59 Å². The highest BCUT2D eigenvalue weighted by Gasteiger charge is 2.51. The van der Waals surface area contributed by atoms with Gasteiger partial charge in [0.05, 0.1) is 29.5 Å². The van der Waals surface area contributed by atoms with E-state index in [0.29, 0.717) is 26.8 Å². The van der Waals surface area contributed by atoms with Crippen LogP contribution in [0, 0.1) is 17.8 Å². The van der Waals surface area contributed by atoms with Gasteiger partial charge in [0.25, 0.3) is 5.56 Å². The Balaban J connectivity index is 1.24. The largest absolute Gasteiger partial charge is 0.467 e. The molecule has 8 heteroatoms. The maximum absolute atomic E-state index is 13.3. The maximum atomic E-state index is 13.3. The Kier molecular flexibility index (Phi) is 5.29. The summed E-state index contributed by atoms with van der Waals surface area (Å²) < 4.78 is 7.05. The van der Waals surface area contributed by atoms with Gasteiger partial charge in [0.1, 0.15) is 5.76 Å². The molecular weight excluding hydrogens is 458 g/mol. The molecule has 0 radical (unpaired) electrons. The fourth-order valence-corrected chi connectivity index (χ4v) is 7.67. The van der Waals surface area contributed by atoms with Crippen molar-refractivity contribution in [2.45, 2.75) is 55.8 Å². The summed E-state index contributed by atoms with van der Waals surface area (Å²) in [6, 6.07) is 8.69. The molecule has 1 N–H and O–H groups in total. The molecule has 7 rings (SSSR count). The van der Waals surface area contributed by atoms with Gasteiger partial charge in [-0.1, -0.05) is 23.4 Å². The van der Waals surface area contributed by atoms with Crippen LogP contribution in [-0.2, 0) is 11.3 Å². The predicted octanol–water partition coefficient (Wildman–Crippen LogP) is 4.87. The highest BCUT2D eigenvalue weighted by molar-refractivity contribution is 7.99. The summed E-state index contributed by atoms with van der Waals surface area (Å²) in [4.78, 5) is 31.0. The van der Waals surface area contributed by atoms with Crippen LogP contribution in [0.25, 0.3) is 10.9 Å². The Labute approximate surface area is 201 Å². The number of rotatable bonds is 6. The average Bonchev–Trinajstić information content (AvgIpc) is 3.26. The van der Waals surface area contributed by atoms with Gasteiger partial charge >= 0.3 is 0 Å². The Bertz CT molecular complexity index is 1230. The molecule has 6 nitrogen and oxygen atoms in total. The first kappa shape index (κ1) is 21.3. The van der Waals surface area contributed by atoms with Gasteiger partial charge < -0.3 is 9.73 Å². The average molecular weight is 484 g/mol. The van der Waals surface area contributed by atoms with E-state index in [2.05, 4.69) is 5.32 Å². The van der Waals surface area contributed by atoms with Crippen molar-refractivity contribution in [1.29, 1.82) is 0 Å². The third kappa shape index (κ3) is 4.10. The molecular formula is C25H26ClN3O3S. The molecule has 1 aromatic carbocycles. The summed E-state index contributed by atoms with van der Waals surface area (Å²) in [6.07, 6.45) is 8.95. The number of nitrogens with one attached hydrogen (secondary N) is 1. The second-order valence-corrected chi connectivity index (χ2v) is 11.4. The molecule has 4 aliphatic carbocycles. The van der Waals surface area contributed by atoms with Crippen molar-refractivity contribution in [1.82, 2.24) is 14.9 Å². The topological polar surface area (TPSA) is 77.1 Å². The van der Waals surface area contributed by atoms with Crippen LogP contribution >= 0.6 is 23.4 Å². The second-order valence-electron chi connectivity index (χ2n) is 10.1. The van der Waals surface area contributed by atoms with E-state index in [-0.39, 0.29) is 29.3 Å². The zero-order valence-corrected chi connectivity index (χ0v) is 19.8. The molecule has 0 spiro atoms. The summed E-state index contributed by atoms with van der Waals surface area (Å²) in [5.74, 6) is 3.22. The Morgan fingerprint density at radius 2 is 1.91 bits per heavy atom. The standard InChI is InChI=1S/C25H26ClN3O3S/c26-18-3-4-20-21(9-18)27-24(29(23(20)31)13-19-2-1-5-32-19)33-14-22(30)28-25-10-15-6-16(11-25)8-17(7-15)12-25/h1-5,9,15-17H,6-8,10-14H2,(H,28,30). The highest BCUT2D eigenvalue weighted by atomic mass is 35.5. The minimum Gasteiger partial charge on any atom is -0.467 e. The number of carbonyl (C=O) groups is 1. The number of amides is 1. The van der Waals surface area contributed by atoms with Crippen LogP contribution in [0.3, 0.4) is 0 Å². The monoisotopic (exact) mass is 483 g/mol. The van der Waals surface area contributed by atoms with Gasteiger partial charge in [-0.3, -0.25) is 14.2 Å². The molecule has 2 heterocycles. The lowest BCUT2D eigenvalue weighted by Crippen LogP contribution is -2.60. The number of thioether (sulfide) groups is 1. The van der Waals surface area contributed by atoms with Crippen LogP contribution in [0.5, 0.6) is 0 Å². The van der Waals surface area contributed by atoms with Gasteiger partial charge in [0, 0.05) is 10.6 Å². The van der Waals surface area contributed by atoms with Crippen molar-refractivity contribution >= 4 is 40.2 Å². The van der Waals surface area contributed by atoms with Crippen molar-refractivity contribution < 1.29 is 9.21 Å². The van der Waals surface area contributed by atoms with E-state index in [0.717, 1.165) is 37.0 Å².